The SMILES string of the molecule is O=S(=O)(Nc1cccc(Cl)c1)c1ccc2c(c1)[C@H]1C=CC[C@H]1[C@@H](c1c(F)cccc1Cl)N2. The van der Waals surface area contributed by atoms with Gasteiger partial charge < -0.3 is 5.32 Å². The van der Waals surface area contributed by atoms with E-state index in [0.717, 1.165) is 17.7 Å². The lowest BCUT2D eigenvalue weighted by atomic mass is 9.77. The third-order valence-corrected chi connectivity index (χ3v) is 7.98. The van der Waals surface area contributed by atoms with Crippen LogP contribution in [-0.4, -0.2) is 8.42 Å². The molecule has 2 N–H and O–H groups in total. The minimum Gasteiger partial charge on any atom is -0.378 e. The Bertz CT molecular complexity index is 1320. The number of halogens is 3. The molecule has 0 unspecified atom stereocenters. The standard InChI is InChI=1S/C24H19Cl2FN2O2S/c25-14-4-1-5-15(12-14)29-32(30,31)16-10-11-22-19(13-16)17-6-2-7-18(17)24(28-22)23-20(26)8-3-9-21(23)27/h1-6,8-13,17-18,24,28-29H,7H2/t17-,18+,24-/m0/s1. The largest absolute Gasteiger partial charge is 0.378 e. The van der Waals surface area contributed by atoms with Crippen molar-refractivity contribution in [2.24, 2.45) is 5.92 Å². The molecular weight excluding hydrogens is 470 g/mol. The summed E-state index contributed by atoms with van der Waals surface area (Å²) in [5.74, 6) is -0.377. The zero-order chi connectivity index (χ0) is 22.5. The van der Waals surface area contributed by atoms with Crippen molar-refractivity contribution in [3.05, 3.63) is 99.8 Å². The Hall–Kier alpha value is -2.54. The van der Waals surface area contributed by atoms with Crippen LogP contribution < -0.4 is 10.0 Å². The highest BCUT2D eigenvalue weighted by Crippen LogP contribution is 2.51. The van der Waals surface area contributed by atoms with E-state index >= 15 is 0 Å². The summed E-state index contributed by atoms with van der Waals surface area (Å²) in [4.78, 5) is 0.152. The van der Waals surface area contributed by atoms with Gasteiger partial charge in [0.25, 0.3) is 10.0 Å². The van der Waals surface area contributed by atoms with Gasteiger partial charge in [0.15, 0.2) is 0 Å². The number of allylic oxidation sites excluding steroid dienone is 2. The van der Waals surface area contributed by atoms with Crippen LogP contribution in [0.25, 0.3) is 0 Å². The van der Waals surface area contributed by atoms with Crippen LogP contribution in [0.3, 0.4) is 0 Å². The van der Waals surface area contributed by atoms with Crippen molar-refractivity contribution in [1.82, 2.24) is 0 Å². The van der Waals surface area contributed by atoms with Crippen molar-refractivity contribution < 1.29 is 12.8 Å². The topological polar surface area (TPSA) is 58.2 Å². The molecule has 3 aromatic rings. The van der Waals surface area contributed by atoms with Gasteiger partial charge in [0.1, 0.15) is 5.82 Å². The Morgan fingerprint density at radius 1 is 1.03 bits per heavy atom. The van der Waals surface area contributed by atoms with Gasteiger partial charge in [-0.2, -0.15) is 0 Å². The fourth-order valence-electron chi connectivity index (χ4n) is 4.60. The van der Waals surface area contributed by atoms with Crippen LogP contribution in [-0.2, 0) is 10.0 Å². The van der Waals surface area contributed by atoms with Crippen LogP contribution in [0.15, 0.2) is 77.7 Å². The first-order valence-corrected chi connectivity index (χ1v) is 12.4. The summed E-state index contributed by atoms with van der Waals surface area (Å²) in [6, 6.07) is 15.9. The Labute approximate surface area is 196 Å². The number of anilines is 2. The molecule has 0 radical (unpaired) electrons. The average molecular weight is 489 g/mol. The zero-order valence-corrected chi connectivity index (χ0v) is 19.1. The van der Waals surface area contributed by atoms with E-state index in [0.29, 0.717) is 21.3 Å². The fourth-order valence-corrected chi connectivity index (χ4v) is 6.15. The zero-order valence-electron chi connectivity index (χ0n) is 16.7. The molecule has 1 heterocycles. The molecule has 32 heavy (non-hydrogen) atoms. The van der Waals surface area contributed by atoms with Crippen molar-refractivity contribution in [1.29, 1.82) is 0 Å². The molecular formula is C24H19Cl2FN2O2S. The van der Waals surface area contributed by atoms with Crippen molar-refractivity contribution in [2.45, 2.75) is 23.3 Å². The minimum atomic E-state index is -3.81. The highest BCUT2D eigenvalue weighted by atomic mass is 35.5. The lowest BCUT2D eigenvalue weighted by molar-refractivity contribution is 0.413. The molecule has 0 saturated heterocycles. The van der Waals surface area contributed by atoms with Gasteiger partial charge in [-0.3, -0.25) is 4.72 Å². The highest BCUT2D eigenvalue weighted by molar-refractivity contribution is 7.92. The van der Waals surface area contributed by atoms with Gasteiger partial charge in [-0.25, -0.2) is 12.8 Å². The molecule has 1 aliphatic heterocycles. The van der Waals surface area contributed by atoms with Crippen LogP contribution in [0.4, 0.5) is 15.8 Å². The predicted molar refractivity (Wildman–Crippen MR) is 126 cm³/mol. The molecule has 0 spiro atoms. The van der Waals surface area contributed by atoms with E-state index in [-0.39, 0.29) is 28.6 Å². The lowest BCUT2D eigenvalue weighted by Gasteiger charge is -2.38. The maximum absolute atomic E-state index is 14.7. The van der Waals surface area contributed by atoms with Crippen LogP contribution in [0, 0.1) is 11.7 Å². The maximum atomic E-state index is 14.7. The van der Waals surface area contributed by atoms with Crippen LogP contribution in [0.1, 0.15) is 29.5 Å². The van der Waals surface area contributed by atoms with E-state index in [1.807, 2.05) is 0 Å². The molecule has 2 aliphatic rings. The minimum absolute atomic E-state index is 0.0238. The van der Waals surface area contributed by atoms with Crippen molar-refractivity contribution in [3.63, 3.8) is 0 Å². The first-order chi connectivity index (χ1) is 15.3. The molecule has 3 atom stereocenters. The first-order valence-electron chi connectivity index (χ1n) is 10.1. The summed E-state index contributed by atoms with van der Waals surface area (Å²) >= 11 is 12.3. The molecule has 5 rings (SSSR count). The maximum Gasteiger partial charge on any atom is 0.261 e. The molecule has 164 valence electrons. The second kappa shape index (κ2) is 8.10. The number of hydrogen-bond donors (Lipinski definition) is 2. The normalized spacial score (nSPS) is 21.5. The second-order valence-corrected chi connectivity index (χ2v) is 10.5. The molecule has 0 saturated carbocycles. The van der Waals surface area contributed by atoms with Gasteiger partial charge >= 0.3 is 0 Å². The molecule has 0 aromatic heterocycles. The average Bonchev–Trinajstić information content (AvgIpc) is 3.23. The van der Waals surface area contributed by atoms with Crippen molar-refractivity contribution in [3.8, 4) is 0 Å². The summed E-state index contributed by atoms with van der Waals surface area (Å²) in [6.07, 6.45) is 4.86. The summed E-state index contributed by atoms with van der Waals surface area (Å²) < 4.78 is 43.3. The Balaban J connectivity index is 1.52. The van der Waals surface area contributed by atoms with Gasteiger partial charge in [-0.1, -0.05) is 47.5 Å². The number of hydrogen-bond acceptors (Lipinski definition) is 3. The van der Waals surface area contributed by atoms with Gasteiger partial charge in [-0.15, -0.1) is 0 Å². The number of sulfonamides is 1. The molecule has 4 nitrogen and oxygen atoms in total. The van der Waals surface area contributed by atoms with Crippen molar-refractivity contribution in [2.75, 3.05) is 10.0 Å². The van der Waals surface area contributed by atoms with Gasteiger partial charge in [0.2, 0.25) is 0 Å². The number of rotatable bonds is 4. The van der Waals surface area contributed by atoms with Gasteiger partial charge in [-0.05, 0) is 66.4 Å². The van der Waals surface area contributed by atoms with E-state index in [1.54, 1.807) is 48.5 Å². The van der Waals surface area contributed by atoms with E-state index < -0.39 is 10.0 Å². The Morgan fingerprint density at radius 2 is 1.84 bits per heavy atom. The second-order valence-electron chi connectivity index (χ2n) is 7.98. The van der Waals surface area contributed by atoms with E-state index in [4.69, 9.17) is 23.2 Å². The van der Waals surface area contributed by atoms with E-state index in [1.165, 1.54) is 12.1 Å². The van der Waals surface area contributed by atoms with Gasteiger partial charge in [0, 0.05) is 27.2 Å². The molecule has 0 amide bonds. The lowest BCUT2D eigenvalue weighted by Crippen LogP contribution is -2.30. The molecule has 1 aliphatic carbocycles. The van der Waals surface area contributed by atoms with E-state index in [2.05, 4.69) is 22.2 Å². The van der Waals surface area contributed by atoms with Crippen LogP contribution >= 0.6 is 23.2 Å². The monoisotopic (exact) mass is 488 g/mol. The van der Waals surface area contributed by atoms with Crippen LogP contribution in [0.5, 0.6) is 0 Å². The smallest absolute Gasteiger partial charge is 0.261 e. The number of nitrogens with one attached hydrogen (secondary N) is 2. The number of benzene rings is 3. The molecule has 8 heteroatoms. The third-order valence-electron chi connectivity index (χ3n) is 6.03. The Morgan fingerprint density at radius 3 is 2.62 bits per heavy atom. The first kappa shape index (κ1) is 21.3. The molecule has 3 aromatic carbocycles. The number of fused-ring (bicyclic) bond motifs is 3. The predicted octanol–water partition coefficient (Wildman–Crippen LogP) is 6.76. The third kappa shape index (κ3) is 3.76. The van der Waals surface area contributed by atoms with Gasteiger partial charge in [0.05, 0.1) is 16.6 Å². The Kier molecular flexibility index (Phi) is 5.40. The summed E-state index contributed by atoms with van der Waals surface area (Å²) in [5.41, 5.74) is 2.46. The highest BCUT2D eigenvalue weighted by Gasteiger charge is 2.40. The summed E-state index contributed by atoms with van der Waals surface area (Å²) in [7, 11) is -3.81. The molecule has 0 fully saturated rings. The van der Waals surface area contributed by atoms with Crippen LogP contribution in [0.2, 0.25) is 10.0 Å². The van der Waals surface area contributed by atoms with Crippen molar-refractivity contribution >= 4 is 44.6 Å². The summed E-state index contributed by atoms with van der Waals surface area (Å²) in [5, 5.41) is 4.22. The fraction of sp³-hybridized carbons (Fsp3) is 0.167. The molecule has 0 bridgehead atoms. The quantitative estimate of drug-likeness (QED) is 0.398. The summed E-state index contributed by atoms with van der Waals surface area (Å²) in [6.45, 7) is 0. The van der Waals surface area contributed by atoms with E-state index in [9.17, 15) is 12.8 Å².